The van der Waals surface area contributed by atoms with Crippen LogP contribution in [-0.2, 0) is 0 Å². The molecule has 1 amide bonds. The summed E-state index contributed by atoms with van der Waals surface area (Å²) in [5, 5.41) is 7.32. The number of piperidine rings is 1. The number of benzene rings is 1. The van der Waals surface area contributed by atoms with Gasteiger partial charge in [-0.25, -0.2) is 0 Å². The van der Waals surface area contributed by atoms with Gasteiger partial charge in [0.05, 0.1) is 11.7 Å². The first-order valence-corrected chi connectivity index (χ1v) is 9.13. The minimum atomic E-state index is 0.0625. The zero-order valence-electron chi connectivity index (χ0n) is 13.6. The number of carbonyl (C=O) groups excluding carboxylic acids is 1. The van der Waals surface area contributed by atoms with Crippen LogP contribution in [0.2, 0.25) is 0 Å². The monoisotopic (exact) mass is 354 g/mol. The lowest BCUT2D eigenvalue weighted by Gasteiger charge is -2.31. The van der Waals surface area contributed by atoms with Crippen LogP contribution in [0.1, 0.15) is 34.1 Å². The van der Waals surface area contributed by atoms with E-state index in [2.05, 4.69) is 15.2 Å². The lowest BCUT2D eigenvalue weighted by Crippen LogP contribution is -2.38. The number of H-pyrrole nitrogens is 1. The molecule has 128 valence electrons. The lowest BCUT2D eigenvalue weighted by atomic mass is 9.95. The van der Waals surface area contributed by atoms with Gasteiger partial charge in [-0.1, -0.05) is 18.2 Å². The number of hydrogen-bond acceptors (Lipinski definition) is 5. The third-order valence-corrected chi connectivity index (χ3v) is 5.09. The molecule has 1 saturated heterocycles. The fourth-order valence-corrected chi connectivity index (χ4v) is 3.67. The Labute approximate surface area is 149 Å². The number of amides is 1. The number of ether oxygens (including phenoxy) is 1. The van der Waals surface area contributed by atoms with Gasteiger partial charge in [0.2, 0.25) is 5.88 Å². The topological polar surface area (TPSA) is 71.1 Å². The summed E-state index contributed by atoms with van der Waals surface area (Å²) in [7, 11) is 0. The number of rotatable bonds is 4. The summed E-state index contributed by atoms with van der Waals surface area (Å²) in [6.45, 7) is 1.47. The van der Waals surface area contributed by atoms with Crippen molar-refractivity contribution < 1.29 is 9.53 Å². The molecular formula is C18H18N4O2S. The molecule has 0 radical (unpaired) electrons. The van der Waals surface area contributed by atoms with Gasteiger partial charge in [0.1, 0.15) is 10.6 Å². The highest BCUT2D eigenvalue weighted by Crippen LogP contribution is 2.29. The zero-order valence-corrected chi connectivity index (χ0v) is 14.4. The number of thiazole rings is 1. The number of nitrogens with zero attached hydrogens (tertiary/aromatic N) is 3. The zero-order chi connectivity index (χ0) is 17.1. The summed E-state index contributed by atoms with van der Waals surface area (Å²) in [6.07, 6.45) is 3.64. The van der Waals surface area contributed by atoms with E-state index in [1.807, 2.05) is 41.3 Å². The summed E-state index contributed by atoms with van der Waals surface area (Å²) in [5.74, 6) is 1.61. The Bertz CT molecular complexity index is 832. The van der Waals surface area contributed by atoms with Crippen molar-refractivity contribution in [1.82, 2.24) is 20.1 Å². The quantitative estimate of drug-likeness (QED) is 0.776. The number of aromatic nitrogens is 3. The number of nitrogens with one attached hydrogen (secondary N) is 1. The number of para-hydroxylation sites is 1. The molecule has 2 aromatic heterocycles. The maximum Gasteiger partial charge on any atom is 0.265 e. The molecule has 0 bridgehead atoms. The second kappa shape index (κ2) is 7.06. The molecule has 1 aliphatic heterocycles. The average molecular weight is 354 g/mol. The van der Waals surface area contributed by atoms with Gasteiger partial charge in [0.15, 0.2) is 0 Å². The molecule has 0 unspecified atom stereocenters. The van der Waals surface area contributed by atoms with Crippen LogP contribution < -0.4 is 4.74 Å². The highest BCUT2D eigenvalue weighted by Gasteiger charge is 2.27. The molecule has 1 N–H and O–H groups in total. The van der Waals surface area contributed by atoms with Gasteiger partial charge in [-0.3, -0.25) is 14.9 Å². The summed E-state index contributed by atoms with van der Waals surface area (Å²) < 4.78 is 5.75. The standard InChI is InChI=1S/C18H18N4O2S/c23-18(16-10-19-12-25-16)22-8-4-5-13(11-22)15-9-17(21-20-15)24-14-6-2-1-3-7-14/h1-3,6-7,9-10,12-13H,4-5,8,11H2,(H,20,21)/t13-/m0/s1. The molecule has 1 aromatic carbocycles. The summed E-state index contributed by atoms with van der Waals surface area (Å²) >= 11 is 1.38. The maximum atomic E-state index is 12.5. The van der Waals surface area contributed by atoms with Crippen molar-refractivity contribution in [3.8, 4) is 11.6 Å². The molecule has 25 heavy (non-hydrogen) atoms. The SMILES string of the molecule is O=C(c1cncs1)N1CCC[C@H](c2cc(Oc3ccccc3)n[nH]2)C1. The second-order valence-electron chi connectivity index (χ2n) is 6.03. The number of likely N-dealkylation sites (tertiary alicyclic amines) is 1. The number of hydrogen-bond donors (Lipinski definition) is 1. The summed E-state index contributed by atoms with van der Waals surface area (Å²) in [6, 6.07) is 11.5. The van der Waals surface area contributed by atoms with Gasteiger partial charge in [0.25, 0.3) is 5.91 Å². The van der Waals surface area contributed by atoms with Gasteiger partial charge in [-0.05, 0) is 25.0 Å². The molecule has 1 fully saturated rings. The Morgan fingerprint density at radius 2 is 2.20 bits per heavy atom. The van der Waals surface area contributed by atoms with Crippen LogP contribution in [-0.4, -0.2) is 39.1 Å². The predicted octanol–water partition coefficient (Wildman–Crippen LogP) is 3.68. The molecule has 0 aliphatic carbocycles. The van der Waals surface area contributed by atoms with Gasteiger partial charge in [0, 0.05) is 30.8 Å². The van der Waals surface area contributed by atoms with E-state index in [-0.39, 0.29) is 11.8 Å². The predicted molar refractivity (Wildman–Crippen MR) is 95.1 cm³/mol. The van der Waals surface area contributed by atoms with E-state index in [0.29, 0.717) is 17.3 Å². The van der Waals surface area contributed by atoms with E-state index in [0.717, 1.165) is 30.8 Å². The first-order valence-electron chi connectivity index (χ1n) is 8.25. The van der Waals surface area contributed by atoms with Crippen LogP contribution in [0, 0.1) is 0 Å². The Balaban J connectivity index is 1.44. The smallest absolute Gasteiger partial charge is 0.265 e. The second-order valence-corrected chi connectivity index (χ2v) is 6.92. The fourth-order valence-electron chi connectivity index (χ4n) is 3.08. The molecule has 7 heteroatoms. The average Bonchev–Trinajstić information content (AvgIpc) is 3.34. The first kappa shape index (κ1) is 15.8. The molecular weight excluding hydrogens is 336 g/mol. The molecule has 6 nitrogen and oxygen atoms in total. The lowest BCUT2D eigenvalue weighted by molar-refractivity contribution is 0.0710. The fraction of sp³-hybridized carbons (Fsp3) is 0.278. The van der Waals surface area contributed by atoms with Crippen molar-refractivity contribution in [3.63, 3.8) is 0 Å². The van der Waals surface area contributed by atoms with Gasteiger partial charge >= 0.3 is 0 Å². The van der Waals surface area contributed by atoms with Crippen LogP contribution >= 0.6 is 11.3 Å². The van der Waals surface area contributed by atoms with Crippen LogP contribution in [0.15, 0.2) is 48.1 Å². The van der Waals surface area contributed by atoms with Crippen molar-refractivity contribution >= 4 is 17.2 Å². The van der Waals surface area contributed by atoms with Gasteiger partial charge < -0.3 is 9.64 Å². The van der Waals surface area contributed by atoms with Crippen molar-refractivity contribution in [1.29, 1.82) is 0 Å². The molecule has 0 saturated carbocycles. The summed E-state index contributed by atoms with van der Waals surface area (Å²) in [5.41, 5.74) is 2.70. The van der Waals surface area contributed by atoms with Crippen LogP contribution in [0.3, 0.4) is 0 Å². The van der Waals surface area contributed by atoms with Gasteiger partial charge in [-0.15, -0.1) is 16.4 Å². The van der Waals surface area contributed by atoms with Crippen molar-refractivity contribution in [2.45, 2.75) is 18.8 Å². The Morgan fingerprint density at radius 1 is 1.32 bits per heavy atom. The highest BCUT2D eigenvalue weighted by molar-refractivity contribution is 7.11. The van der Waals surface area contributed by atoms with E-state index in [1.165, 1.54) is 11.3 Å². The first-order chi connectivity index (χ1) is 12.3. The largest absolute Gasteiger partial charge is 0.438 e. The normalized spacial score (nSPS) is 17.4. The third-order valence-electron chi connectivity index (χ3n) is 4.33. The Kier molecular flexibility index (Phi) is 4.47. The van der Waals surface area contributed by atoms with Crippen LogP contribution in [0.25, 0.3) is 0 Å². The molecule has 4 rings (SSSR count). The molecule has 3 aromatic rings. The van der Waals surface area contributed by atoms with E-state index in [4.69, 9.17) is 4.74 Å². The van der Waals surface area contributed by atoms with Crippen molar-refractivity contribution in [2.24, 2.45) is 0 Å². The minimum Gasteiger partial charge on any atom is -0.438 e. The van der Waals surface area contributed by atoms with E-state index in [9.17, 15) is 4.79 Å². The van der Waals surface area contributed by atoms with E-state index in [1.54, 1.807) is 11.7 Å². The van der Waals surface area contributed by atoms with Crippen molar-refractivity contribution in [3.05, 3.63) is 58.7 Å². The molecule has 1 atom stereocenters. The number of carbonyl (C=O) groups is 1. The molecule has 0 spiro atoms. The third kappa shape index (κ3) is 3.56. The highest BCUT2D eigenvalue weighted by atomic mass is 32.1. The summed E-state index contributed by atoms with van der Waals surface area (Å²) in [4.78, 5) is 19.1. The van der Waals surface area contributed by atoms with E-state index < -0.39 is 0 Å². The Morgan fingerprint density at radius 3 is 3.00 bits per heavy atom. The van der Waals surface area contributed by atoms with Crippen LogP contribution in [0.4, 0.5) is 0 Å². The van der Waals surface area contributed by atoms with E-state index >= 15 is 0 Å². The van der Waals surface area contributed by atoms with Crippen molar-refractivity contribution in [2.75, 3.05) is 13.1 Å². The number of aromatic amines is 1. The molecule has 1 aliphatic rings. The Hall–Kier alpha value is -2.67. The molecule has 3 heterocycles. The maximum absolute atomic E-state index is 12.5. The minimum absolute atomic E-state index is 0.0625. The van der Waals surface area contributed by atoms with Crippen LogP contribution in [0.5, 0.6) is 11.6 Å². The van der Waals surface area contributed by atoms with Gasteiger partial charge in [-0.2, -0.15) is 0 Å².